The van der Waals surface area contributed by atoms with E-state index in [1.807, 2.05) is 18.5 Å². The molecule has 0 amide bonds. The van der Waals surface area contributed by atoms with Crippen LogP contribution in [0.5, 0.6) is 11.5 Å². The summed E-state index contributed by atoms with van der Waals surface area (Å²) in [4.78, 5) is 17.0. The van der Waals surface area contributed by atoms with Gasteiger partial charge >= 0.3 is 5.97 Å². The maximum atomic E-state index is 10.4. The first kappa shape index (κ1) is 17.7. The Kier molecular flexibility index (Phi) is 6.14. The Labute approximate surface area is 141 Å². The monoisotopic (exact) mass is 330 g/mol. The van der Waals surface area contributed by atoms with Crippen LogP contribution in [-0.4, -0.2) is 46.8 Å². The van der Waals surface area contributed by atoms with Gasteiger partial charge in [-0.2, -0.15) is 0 Å². The number of phenolic OH excluding ortho intramolecular Hbond substituents is 1. The minimum absolute atomic E-state index is 0.0671. The molecular weight excluding hydrogens is 308 g/mol. The van der Waals surface area contributed by atoms with E-state index in [1.54, 1.807) is 0 Å². The predicted molar refractivity (Wildman–Crippen MR) is 90.5 cm³/mol. The van der Waals surface area contributed by atoms with E-state index in [1.165, 1.54) is 50.3 Å². The van der Waals surface area contributed by atoms with Crippen molar-refractivity contribution in [1.82, 2.24) is 9.88 Å². The number of hydrogen-bond donors (Lipinski definition) is 2. The van der Waals surface area contributed by atoms with Gasteiger partial charge in [0.05, 0.1) is 12.7 Å². The third kappa shape index (κ3) is 4.45. The number of hydrogen-bond acceptors (Lipinski definition) is 5. The van der Waals surface area contributed by atoms with Crippen molar-refractivity contribution in [3.8, 4) is 11.5 Å². The van der Waals surface area contributed by atoms with Crippen LogP contribution in [0, 0.1) is 0 Å². The lowest BCUT2D eigenvalue weighted by Gasteiger charge is -2.18. The Morgan fingerprint density at radius 3 is 2.71 bits per heavy atom. The van der Waals surface area contributed by atoms with Crippen LogP contribution < -0.4 is 4.74 Å². The molecule has 2 heterocycles. The van der Waals surface area contributed by atoms with Crippen molar-refractivity contribution in [2.75, 3.05) is 20.7 Å². The van der Waals surface area contributed by atoms with E-state index in [0.717, 1.165) is 0 Å². The van der Waals surface area contributed by atoms with Crippen LogP contribution in [0.2, 0.25) is 0 Å². The largest absolute Gasteiger partial charge is 0.504 e. The van der Waals surface area contributed by atoms with Crippen molar-refractivity contribution in [1.29, 1.82) is 0 Å². The molecule has 0 aliphatic carbocycles. The molecule has 1 aliphatic heterocycles. The van der Waals surface area contributed by atoms with Gasteiger partial charge in [-0.25, -0.2) is 4.79 Å². The number of nitrogens with zero attached hydrogens (tertiary/aromatic N) is 2. The molecule has 0 radical (unpaired) electrons. The summed E-state index contributed by atoms with van der Waals surface area (Å²) in [7, 11) is 3.55. The molecular formula is C18H22N2O4. The minimum atomic E-state index is -1.05. The van der Waals surface area contributed by atoms with E-state index in [0.29, 0.717) is 6.04 Å². The molecule has 24 heavy (non-hydrogen) atoms. The second-order valence-electron chi connectivity index (χ2n) is 5.62. The maximum Gasteiger partial charge on any atom is 0.335 e. The van der Waals surface area contributed by atoms with Gasteiger partial charge in [-0.05, 0) is 56.3 Å². The van der Waals surface area contributed by atoms with Gasteiger partial charge < -0.3 is 14.9 Å². The van der Waals surface area contributed by atoms with E-state index in [4.69, 9.17) is 14.9 Å². The minimum Gasteiger partial charge on any atom is -0.504 e. The fourth-order valence-corrected chi connectivity index (χ4v) is 2.72. The number of ether oxygens (including phenoxy) is 1. The molecule has 0 unspecified atom stereocenters. The lowest BCUT2D eigenvalue weighted by Crippen LogP contribution is -2.17. The highest BCUT2D eigenvalue weighted by Gasteiger charge is 2.21. The van der Waals surface area contributed by atoms with E-state index in [2.05, 4.69) is 23.0 Å². The van der Waals surface area contributed by atoms with Gasteiger partial charge in [0.1, 0.15) is 0 Å². The van der Waals surface area contributed by atoms with Gasteiger partial charge in [-0.1, -0.05) is 6.07 Å². The Hall–Kier alpha value is -2.60. The number of likely N-dealkylation sites (tertiary alicyclic amines) is 1. The second kappa shape index (κ2) is 8.31. The van der Waals surface area contributed by atoms with Crippen LogP contribution >= 0.6 is 0 Å². The average molecular weight is 330 g/mol. The first-order valence-corrected chi connectivity index (χ1v) is 7.73. The van der Waals surface area contributed by atoms with Gasteiger partial charge in [0.15, 0.2) is 11.5 Å². The zero-order valence-electron chi connectivity index (χ0n) is 13.8. The maximum absolute atomic E-state index is 10.4. The van der Waals surface area contributed by atoms with Gasteiger partial charge in [0.25, 0.3) is 0 Å². The van der Waals surface area contributed by atoms with Crippen molar-refractivity contribution < 1.29 is 19.7 Å². The van der Waals surface area contributed by atoms with Crippen LogP contribution in [0.4, 0.5) is 0 Å². The van der Waals surface area contributed by atoms with Gasteiger partial charge in [0.2, 0.25) is 0 Å². The molecule has 6 heteroatoms. The van der Waals surface area contributed by atoms with Crippen LogP contribution in [0.1, 0.15) is 34.8 Å². The Bertz CT molecular complexity index is 676. The fourth-order valence-electron chi connectivity index (χ4n) is 2.72. The summed E-state index contributed by atoms with van der Waals surface area (Å²) >= 11 is 0. The number of carboxylic acid groups (broad SMARTS) is 1. The zero-order chi connectivity index (χ0) is 17.5. The number of pyridine rings is 1. The number of aromatic nitrogens is 1. The summed E-state index contributed by atoms with van der Waals surface area (Å²) in [5.41, 5.74) is 1.45. The number of rotatable bonds is 3. The highest BCUT2D eigenvalue weighted by atomic mass is 16.5. The smallest absolute Gasteiger partial charge is 0.335 e. The van der Waals surface area contributed by atoms with Gasteiger partial charge in [0, 0.05) is 18.4 Å². The third-order valence-electron chi connectivity index (χ3n) is 4.02. The lowest BCUT2D eigenvalue weighted by atomic mass is 10.1. The Morgan fingerprint density at radius 2 is 2.17 bits per heavy atom. The molecule has 1 aliphatic rings. The van der Waals surface area contributed by atoms with Crippen LogP contribution in [-0.2, 0) is 0 Å². The number of aromatic carboxylic acids is 1. The molecule has 2 aromatic rings. The summed E-state index contributed by atoms with van der Waals surface area (Å²) in [6.45, 7) is 1.22. The first-order valence-electron chi connectivity index (χ1n) is 7.73. The van der Waals surface area contributed by atoms with Crippen molar-refractivity contribution in [3.05, 3.63) is 53.9 Å². The zero-order valence-corrected chi connectivity index (χ0v) is 13.8. The average Bonchev–Trinajstić information content (AvgIpc) is 3.02. The molecule has 1 saturated heterocycles. The number of carboxylic acids is 1. The van der Waals surface area contributed by atoms with Crippen LogP contribution in [0.25, 0.3) is 0 Å². The Morgan fingerprint density at radius 1 is 1.38 bits per heavy atom. The summed E-state index contributed by atoms with van der Waals surface area (Å²) < 4.78 is 4.72. The first-order chi connectivity index (χ1) is 11.5. The number of benzene rings is 1. The molecule has 1 aromatic heterocycles. The highest BCUT2D eigenvalue weighted by molar-refractivity contribution is 5.88. The molecule has 2 N–H and O–H groups in total. The topological polar surface area (TPSA) is 82.9 Å². The Balaban J connectivity index is 0.000000174. The summed E-state index contributed by atoms with van der Waals surface area (Å²) in [6.07, 6.45) is 6.41. The van der Waals surface area contributed by atoms with Crippen LogP contribution in [0.15, 0.2) is 42.7 Å². The molecule has 3 rings (SSSR count). The predicted octanol–water partition coefficient (Wildman–Crippen LogP) is 2.95. The molecule has 0 bridgehead atoms. The molecule has 0 saturated carbocycles. The van der Waals surface area contributed by atoms with E-state index in [9.17, 15) is 4.79 Å². The standard InChI is InChI=1S/C10H14N2.C8H8O4/c1-12-7-3-5-10(12)9-4-2-6-11-8-9;1-12-7-4-5(8(10)11)2-3-6(7)9/h2,4,6,8,10H,3,5,7H2,1H3;2-4,9H,1H3,(H,10,11)/t10-;/m0./s1. The molecule has 0 spiro atoms. The number of aromatic hydroxyl groups is 1. The fraction of sp³-hybridized carbons (Fsp3) is 0.333. The van der Waals surface area contributed by atoms with E-state index >= 15 is 0 Å². The van der Waals surface area contributed by atoms with E-state index in [-0.39, 0.29) is 17.1 Å². The van der Waals surface area contributed by atoms with Gasteiger partial charge in [-0.15, -0.1) is 0 Å². The SMILES string of the molecule is CN1CCC[C@H]1c1cccnc1.COc1cc(C(=O)O)ccc1O. The molecule has 1 aromatic carbocycles. The molecule has 1 fully saturated rings. The van der Waals surface area contributed by atoms with Crippen molar-refractivity contribution in [2.45, 2.75) is 18.9 Å². The lowest BCUT2D eigenvalue weighted by molar-refractivity contribution is 0.0696. The molecule has 1 atom stereocenters. The summed E-state index contributed by atoms with van der Waals surface area (Å²) in [5, 5.41) is 17.7. The summed E-state index contributed by atoms with van der Waals surface area (Å²) in [5.74, 6) is -0.953. The number of phenols is 1. The van der Waals surface area contributed by atoms with Crippen LogP contribution in [0.3, 0.4) is 0 Å². The quantitative estimate of drug-likeness (QED) is 0.900. The van der Waals surface area contributed by atoms with Gasteiger partial charge in [-0.3, -0.25) is 9.88 Å². The van der Waals surface area contributed by atoms with Crippen molar-refractivity contribution >= 4 is 5.97 Å². The second-order valence-corrected chi connectivity index (χ2v) is 5.62. The van der Waals surface area contributed by atoms with Crippen molar-refractivity contribution in [2.24, 2.45) is 0 Å². The number of methoxy groups -OCH3 is 1. The normalized spacial score (nSPS) is 17.0. The molecule has 128 valence electrons. The third-order valence-corrected chi connectivity index (χ3v) is 4.02. The van der Waals surface area contributed by atoms with E-state index < -0.39 is 5.97 Å². The summed E-state index contributed by atoms with van der Waals surface area (Å²) in [6, 6.07) is 8.64. The number of carbonyl (C=O) groups is 1. The highest BCUT2D eigenvalue weighted by Crippen LogP contribution is 2.29. The van der Waals surface area contributed by atoms with Crippen molar-refractivity contribution in [3.63, 3.8) is 0 Å². The molecule has 6 nitrogen and oxygen atoms in total.